The second-order valence-corrected chi connectivity index (χ2v) is 5.32. The number of aliphatic hydroxyl groups is 1. The molecule has 4 N–H and O–H groups in total. The molecule has 5 nitrogen and oxygen atoms in total. The van der Waals surface area contributed by atoms with Gasteiger partial charge in [-0.2, -0.15) is 0 Å². The van der Waals surface area contributed by atoms with Crippen LogP contribution in [-0.4, -0.2) is 26.7 Å². The van der Waals surface area contributed by atoms with Gasteiger partial charge in [-0.3, -0.25) is 0 Å². The van der Waals surface area contributed by atoms with Gasteiger partial charge < -0.3 is 10.8 Å². The van der Waals surface area contributed by atoms with Crippen LogP contribution in [0.3, 0.4) is 0 Å². The van der Waals surface area contributed by atoms with Crippen molar-refractivity contribution >= 4 is 15.7 Å². The summed E-state index contributed by atoms with van der Waals surface area (Å²) in [5, 5.41) is 8.60. The maximum absolute atomic E-state index is 11.8. The van der Waals surface area contributed by atoms with E-state index in [1.165, 1.54) is 6.07 Å². The molecule has 6 heteroatoms. The van der Waals surface area contributed by atoms with Gasteiger partial charge in [-0.05, 0) is 37.1 Å². The lowest BCUT2D eigenvalue weighted by Gasteiger charge is -2.11. The molecule has 0 radical (unpaired) electrons. The summed E-state index contributed by atoms with van der Waals surface area (Å²) < 4.78 is 26.0. The van der Waals surface area contributed by atoms with Gasteiger partial charge in [0.15, 0.2) is 0 Å². The van der Waals surface area contributed by atoms with E-state index in [-0.39, 0.29) is 18.0 Å². The van der Waals surface area contributed by atoms with Crippen molar-refractivity contribution in [2.45, 2.75) is 18.7 Å². The molecule has 0 fully saturated rings. The molecule has 1 aromatic carbocycles. The lowest BCUT2D eigenvalue weighted by Crippen LogP contribution is -2.27. The molecule has 0 aromatic heterocycles. The average molecular weight is 244 g/mol. The largest absolute Gasteiger partial charge is 0.399 e. The molecular formula is C10H16N2O3S. The summed E-state index contributed by atoms with van der Waals surface area (Å²) in [5.74, 6) is 0. The Morgan fingerprint density at radius 1 is 1.38 bits per heavy atom. The van der Waals surface area contributed by atoms with Crippen molar-refractivity contribution in [2.24, 2.45) is 0 Å². The summed E-state index contributed by atoms with van der Waals surface area (Å²) in [6.07, 6.45) is 0. The standard InChI is InChI=1S/C10H16N2O3S/c1-7-5-9(11)6-10(8(7)2)16(14,15)12-3-4-13/h5-6,12-13H,3-4,11H2,1-2H3. The van der Waals surface area contributed by atoms with E-state index in [9.17, 15) is 8.42 Å². The molecule has 0 saturated heterocycles. The number of sulfonamides is 1. The minimum atomic E-state index is -3.59. The third kappa shape index (κ3) is 2.72. The Hall–Kier alpha value is -1.11. The first-order valence-electron chi connectivity index (χ1n) is 4.85. The van der Waals surface area contributed by atoms with Crippen LogP contribution in [0.1, 0.15) is 11.1 Å². The molecule has 0 aliphatic carbocycles. The van der Waals surface area contributed by atoms with Crippen LogP contribution in [0, 0.1) is 13.8 Å². The molecule has 0 heterocycles. The Bertz CT molecular complexity index is 483. The molecule has 0 aliphatic heterocycles. The van der Waals surface area contributed by atoms with Gasteiger partial charge in [0.25, 0.3) is 0 Å². The van der Waals surface area contributed by atoms with Crippen LogP contribution in [0.25, 0.3) is 0 Å². The van der Waals surface area contributed by atoms with E-state index in [1.54, 1.807) is 19.9 Å². The third-order valence-corrected chi connectivity index (χ3v) is 3.92. The van der Waals surface area contributed by atoms with Crippen LogP contribution in [-0.2, 0) is 10.0 Å². The van der Waals surface area contributed by atoms with Crippen LogP contribution < -0.4 is 10.5 Å². The third-order valence-electron chi connectivity index (χ3n) is 2.34. The Labute approximate surface area is 95.3 Å². The molecular weight excluding hydrogens is 228 g/mol. The fourth-order valence-electron chi connectivity index (χ4n) is 1.39. The Kier molecular flexibility index (Phi) is 3.90. The number of aryl methyl sites for hydroxylation is 1. The summed E-state index contributed by atoms with van der Waals surface area (Å²) in [5.41, 5.74) is 7.51. The SMILES string of the molecule is Cc1cc(N)cc(S(=O)(=O)NCCO)c1C. The van der Waals surface area contributed by atoms with E-state index in [1.807, 2.05) is 0 Å². The van der Waals surface area contributed by atoms with Crippen molar-refractivity contribution in [3.8, 4) is 0 Å². The van der Waals surface area contributed by atoms with Crippen LogP contribution in [0.4, 0.5) is 5.69 Å². The molecule has 0 bridgehead atoms. The zero-order valence-corrected chi connectivity index (χ0v) is 10.1. The second kappa shape index (κ2) is 4.82. The Balaban J connectivity index is 3.22. The van der Waals surface area contributed by atoms with Crippen molar-refractivity contribution in [3.05, 3.63) is 23.3 Å². The van der Waals surface area contributed by atoms with Crippen molar-refractivity contribution in [2.75, 3.05) is 18.9 Å². The van der Waals surface area contributed by atoms with Crippen LogP contribution in [0.5, 0.6) is 0 Å². The number of aliphatic hydroxyl groups excluding tert-OH is 1. The van der Waals surface area contributed by atoms with Gasteiger partial charge in [-0.1, -0.05) is 0 Å². The van der Waals surface area contributed by atoms with Crippen LogP contribution in [0.2, 0.25) is 0 Å². The lowest BCUT2D eigenvalue weighted by atomic mass is 10.1. The number of nitrogens with one attached hydrogen (secondary N) is 1. The quantitative estimate of drug-likeness (QED) is 0.658. The highest BCUT2D eigenvalue weighted by Crippen LogP contribution is 2.21. The molecule has 0 saturated carbocycles. The van der Waals surface area contributed by atoms with E-state index in [2.05, 4.69) is 4.72 Å². The zero-order chi connectivity index (χ0) is 12.3. The lowest BCUT2D eigenvalue weighted by molar-refractivity contribution is 0.301. The summed E-state index contributed by atoms with van der Waals surface area (Å²) >= 11 is 0. The van der Waals surface area contributed by atoms with Crippen molar-refractivity contribution in [3.63, 3.8) is 0 Å². The van der Waals surface area contributed by atoms with E-state index in [0.29, 0.717) is 11.3 Å². The van der Waals surface area contributed by atoms with Gasteiger partial charge in [-0.25, -0.2) is 13.1 Å². The molecule has 0 unspecified atom stereocenters. The fraction of sp³-hybridized carbons (Fsp3) is 0.400. The van der Waals surface area contributed by atoms with Crippen LogP contribution >= 0.6 is 0 Å². The van der Waals surface area contributed by atoms with E-state index in [4.69, 9.17) is 10.8 Å². The average Bonchev–Trinajstić information content (AvgIpc) is 2.20. The molecule has 1 rings (SSSR count). The van der Waals surface area contributed by atoms with E-state index >= 15 is 0 Å². The number of rotatable bonds is 4. The summed E-state index contributed by atoms with van der Waals surface area (Å²) in [6, 6.07) is 3.14. The Morgan fingerprint density at radius 2 is 2.00 bits per heavy atom. The number of hydrogen-bond donors (Lipinski definition) is 3. The monoisotopic (exact) mass is 244 g/mol. The van der Waals surface area contributed by atoms with Gasteiger partial charge in [0.2, 0.25) is 10.0 Å². The zero-order valence-electron chi connectivity index (χ0n) is 9.32. The highest BCUT2D eigenvalue weighted by Gasteiger charge is 2.17. The first-order valence-corrected chi connectivity index (χ1v) is 6.34. The predicted molar refractivity (Wildman–Crippen MR) is 62.6 cm³/mol. The molecule has 0 atom stereocenters. The molecule has 1 aromatic rings. The Morgan fingerprint density at radius 3 is 2.56 bits per heavy atom. The molecule has 0 spiro atoms. The van der Waals surface area contributed by atoms with Gasteiger partial charge >= 0.3 is 0 Å². The normalized spacial score (nSPS) is 11.7. The molecule has 90 valence electrons. The van der Waals surface area contributed by atoms with Gasteiger partial charge in [0.1, 0.15) is 0 Å². The number of anilines is 1. The number of benzene rings is 1. The highest BCUT2D eigenvalue weighted by molar-refractivity contribution is 7.89. The van der Waals surface area contributed by atoms with E-state index < -0.39 is 10.0 Å². The summed E-state index contributed by atoms with van der Waals surface area (Å²) in [7, 11) is -3.59. The first-order chi connectivity index (χ1) is 7.38. The maximum Gasteiger partial charge on any atom is 0.240 e. The molecule has 16 heavy (non-hydrogen) atoms. The smallest absolute Gasteiger partial charge is 0.240 e. The molecule has 0 aliphatic rings. The molecule has 0 amide bonds. The van der Waals surface area contributed by atoms with Gasteiger partial charge in [-0.15, -0.1) is 0 Å². The number of hydrogen-bond acceptors (Lipinski definition) is 4. The number of nitrogens with two attached hydrogens (primary N) is 1. The number of nitrogen functional groups attached to an aromatic ring is 1. The highest BCUT2D eigenvalue weighted by atomic mass is 32.2. The summed E-state index contributed by atoms with van der Waals surface area (Å²) in [6.45, 7) is 3.29. The first kappa shape index (κ1) is 13.0. The van der Waals surface area contributed by atoms with Crippen molar-refractivity contribution < 1.29 is 13.5 Å². The van der Waals surface area contributed by atoms with Crippen molar-refractivity contribution in [1.29, 1.82) is 0 Å². The fourth-order valence-corrected chi connectivity index (χ4v) is 2.76. The summed E-state index contributed by atoms with van der Waals surface area (Å²) in [4.78, 5) is 0.165. The second-order valence-electron chi connectivity index (χ2n) is 3.58. The van der Waals surface area contributed by atoms with E-state index in [0.717, 1.165) is 5.56 Å². The minimum absolute atomic E-state index is 0.00435. The minimum Gasteiger partial charge on any atom is -0.399 e. The van der Waals surface area contributed by atoms with Gasteiger partial charge in [0, 0.05) is 12.2 Å². The van der Waals surface area contributed by atoms with Gasteiger partial charge in [0.05, 0.1) is 11.5 Å². The van der Waals surface area contributed by atoms with Crippen LogP contribution in [0.15, 0.2) is 17.0 Å². The van der Waals surface area contributed by atoms with Crippen molar-refractivity contribution in [1.82, 2.24) is 4.72 Å². The maximum atomic E-state index is 11.8. The topological polar surface area (TPSA) is 92.4 Å². The predicted octanol–water partition coefficient (Wildman–Crippen LogP) is 0.156.